The topological polar surface area (TPSA) is 29.5 Å². The van der Waals surface area contributed by atoms with Crippen molar-refractivity contribution in [3.63, 3.8) is 0 Å². The average molecular weight is 344 g/mol. The van der Waals surface area contributed by atoms with Crippen LogP contribution in [0.4, 0.5) is 0 Å². The van der Waals surface area contributed by atoms with Crippen LogP contribution in [-0.2, 0) is 10.2 Å². The molecule has 0 saturated heterocycles. The van der Waals surface area contributed by atoms with Gasteiger partial charge in [-0.25, -0.2) is 0 Å². The molecule has 0 spiro atoms. The molecule has 1 heterocycles. The van der Waals surface area contributed by atoms with Crippen molar-refractivity contribution in [3.8, 4) is 5.75 Å². The van der Waals surface area contributed by atoms with E-state index in [4.69, 9.17) is 16.3 Å². The Kier molecular flexibility index (Phi) is 4.08. The van der Waals surface area contributed by atoms with Crippen molar-refractivity contribution in [2.24, 2.45) is 0 Å². The van der Waals surface area contributed by atoms with Gasteiger partial charge in [0.1, 0.15) is 16.8 Å². The van der Waals surface area contributed by atoms with E-state index < -0.39 is 11.0 Å². The Morgan fingerprint density at radius 1 is 1.12 bits per heavy atom. The lowest BCUT2D eigenvalue weighted by molar-refractivity contribution is -0.136. The molecule has 0 fully saturated rings. The fourth-order valence-corrected chi connectivity index (χ4v) is 3.84. The van der Waals surface area contributed by atoms with Gasteiger partial charge in [0.15, 0.2) is 0 Å². The number of fused-ring (bicyclic) bond motifs is 1. The largest absolute Gasteiger partial charge is 0.487 e. The standard InChI is InChI=1S/C20H22ClNO2/c1-19(2)13-20(18(23)22(3)4,14-8-6-5-7-9-14)16-12-15(21)10-11-17(16)24-19/h5-12H,13H2,1-4H3. The van der Waals surface area contributed by atoms with Crippen molar-refractivity contribution in [2.75, 3.05) is 14.1 Å². The minimum atomic E-state index is -0.813. The predicted octanol–water partition coefficient (Wildman–Crippen LogP) is 4.28. The van der Waals surface area contributed by atoms with E-state index in [0.717, 1.165) is 16.9 Å². The van der Waals surface area contributed by atoms with Gasteiger partial charge in [-0.2, -0.15) is 0 Å². The van der Waals surface area contributed by atoms with Gasteiger partial charge >= 0.3 is 0 Å². The average Bonchev–Trinajstić information content (AvgIpc) is 2.54. The third kappa shape index (κ3) is 2.67. The van der Waals surface area contributed by atoms with Gasteiger partial charge in [-0.05, 0) is 37.6 Å². The van der Waals surface area contributed by atoms with Crippen molar-refractivity contribution in [3.05, 3.63) is 64.7 Å². The molecule has 1 aliphatic rings. The monoisotopic (exact) mass is 343 g/mol. The van der Waals surface area contributed by atoms with Crippen molar-refractivity contribution in [2.45, 2.75) is 31.3 Å². The lowest BCUT2D eigenvalue weighted by atomic mass is 9.65. The van der Waals surface area contributed by atoms with Gasteiger partial charge in [0.25, 0.3) is 0 Å². The van der Waals surface area contributed by atoms with Crippen molar-refractivity contribution in [1.82, 2.24) is 4.90 Å². The van der Waals surface area contributed by atoms with E-state index in [9.17, 15) is 4.79 Å². The molecular weight excluding hydrogens is 322 g/mol. The summed E-state index contributed by atoms with van der Waals surface area (Å²) >= 11 is 6.27. The Hall–Kier alpha value is -2.00. The molecule has 1 aliphatic heterocycles. The second-order valence-electron chi connectivity index (χ2n) is 7.15. The third-order valence-corrected chi connectivity index (χ3v) is 4.75. The number of hydrogen-bond acceptors (Lipinski definition) is 2. The fraction of sp³-hybridized carbons (Fsp3) is 0.350. The number of nitrogens with zero attached hydrogens (tertiary/aromatic N) is 1. The molecule has 1 unspecified atom stereocenters. The second kappa shape index (κ2) is 5.82. The van der Waals surface area contributed by atoms with Crippen LogP contribution in [0.5, 0.6) is 5.75 Å². The molecule has 0 N–H and O–H groups in total. The van der Waals surface area contributed by atoms with Crippen LogP contribution < -0.4 is 4.74 Å². The van der Waals surface area contributed by atoms with Gasteiger partial charge in [0.2, 0.25) is 5.91 Å². The molecule has 3 nitrogen and oxygen atoms in total. The van der Waals surface area contributed by atoms with Gasteiger partial charge < -0.3 is 9.64 Å². The first kappa shape index (κ1) is 16.8. The predicted molar refractivity (Wildman–Crippen MR) is 96.7 cm³/mol. The van der Waals surface area contributed by atoms with E-state index in [1.54, 1.807) is 25.1 Å². The molecule has 1 amide bonds. The molecule has 1 atom stereocenters. The molecule has 2 aromatic rings. The van der Waals surface area contributed by atoms with Gasteiger partial charge in [0.05, 0.1) is 0 Å². The fourth-order valence-electron chi connectivity index (χ4n) is 3.67. The van der Waals surface area contributed by atoms with Gasteiger partial charge in [0, 0.05) is 31.1 Å². The molecule has 0 saturated carbocycles. The number of carbonyl (C=O) groups excluding carboxylic acids is 1. The summed E-state index contributed by atoms with van der Waals surface area (Å²) in [5.41, 5.74) is 0.512. The summed E-state index contributed by atoms with van der Waals surface area (Å²) in [4.78, 5) is 15.1. The highest BCUT2D eigenvalue weighted by atomic mass is 35.5. The van der Waals surface area contributed by atoms with E-state index in [1.807, 2.05) is 56.3 Å². The maximum Gasteiger partial charge on any atom is 0.237 e. The summed E-state index contributed by atoms with van der Waals surface area (Å²) in [6.45, 7) is 4.04. The van der Waals surface area contributed by atoms with E-state index in [0.29, 0.717) is 11.4 Å². The normalized spacial score (nSPS) is 21.5. The van der Waals surface area contributed by atoms with Crippen LogP contribution in [0.1, 0.15) is 31.4 Å². The number of rotatable bonds is 2. The molecule has 2 aromatic carbocycles. The molecular formula is C20H22ClNO2. The Bertz CT molecular complexity index is 770. The molecule has 3 rings (SSSR count). The smallest absolute Gasteiger partial charge is 0.237 e. The summed E-state index contributed by atoms with van der Waals surface area (Å²) in [5.74, 6) is 0.753. The number of halogens is 1. The van der Waals surface area contributed by atoms with Crippen LogP contribution in [0.3, 0.4) is 0 Å². The highest BCUT2D eigenvalue weighted by molar-refractivity contribution is 6.30. The number of amides is 1. The van der Waals surface area contributed by atoms with Crippen molar-refractivity contribution >= 4 is 17.5 Å². The van der Waals surface area contributed by atoms with E-state index in [2.05, 4.69) is 0 Å². The molecule has 0 aliphatic carbocycles. The first-order valence-electron chi connectivity index (χ1n) is 8.03. The van der Waals surface area contributed by atoms with E-state index in [-0.39, 0.29) is 5.91 Å². The Balaban J connectivity index is 2.36. The number of likely N-dealkylation sites (N-methyl/N-ethyl adjacent to an activating group) is 1. The molecule has 0 bridgehead atoms. The molecule has 4 heteroatoms. The highest BCUT2D eigenvalue weighted by Gasteiger charge is 2.52. The Morgan fingerprint density at radius 3 is 2.42 bits per heavy atom. The summed E-state index contributed by atoms with van der Waals surface area (Å²) in [6, 6.07) is 15.4. The first-order valence-corrected chi connectivity index (χ1v) is 8.40. The van der Waals surface area contributed by atoms with E-state index in [1.165, 1.54) is 0 Å². The third-order valence-electron chi connectivity index (χ3n) is 4.52. The van der Waals surface area contributed by atoms with Crippen LogP contribution in [0.25, 0.3) is 0 Å². The Morgan fingerprint density at radius 2 is 1.79 bits per heavy atom. The number of hydrogen-bond donors (Lipinski definition) is 0. The maximum absolute atomic E-state index is 13.4. The number of ether oxygens (including phenoxy) is 1. The van der Waals surface area contributed by atoms with Crippen LogP contribution in [0, 0.1) is 0 Å². The zero-order valence-corrected chi connectivity index (χ0v) is 15.2. The van der Waals surface area contributed by atoms with Crippen LogP contribution in [-0.4, -0.2) is 30.5 Å². The number of benzene rings is 2. The zero-order valence-electron chi connectivity index (χ0n) is 14.5. The Labute approximate surface area is 148 Å². The quantitative estimate of drug-likeness (QED) is 0.814. The molecule has 24 heavy (non-hydrogen) atoms. The SMILES string of the molecule is CN(C)C(=O)C1(c2ccccc2)CC(C)(C)Oc2ccc(Cl)cc21. The summed E-state index contributed by atoms with van der Waals surface area (Å²) < 4.78 is 6.15. The first-order chi connectivity index (χ1) is 11.3. The summed E-state index contributed by atoms with van der Waals surface area (Å²) in [7, 11) is 3.58. The minimum absolute atomic E-state index is 0.0357. The molecule has 0 aromatic heterocycles. The van der Waals surface area contributed by atoms with Gasteiger partial charge in [-0.15, -0.1) is 0 Å². The summed E-state index contributed by atoms with van der Waals surface area (Å²) in [5, 5.41) is 0.601. The van der Waals surface area contributed by atoms with Crippen molar-refractivity contribution < 1.29 is 9.53 Å². The van der Waals surface area contributed by atoms with Crippen LogP contribution >= 0.6 is 11.6 Å². The van der Waals surface area contributed by atoms with Gasteiger partial charge in [-0.3, -0.25) is 4.79 Å². The van der Waals surface area contributed by atoms with Crippen LogP contribution in [0.15, 0.2) is 48.5 Å². The highest BCUT2D eigenvalue weighted by Crippen LogP contribution is 2.50. The van der Waals surface area contributed by atoms with Crippen molar-refractivity contribution in [1.29, 1.82) is 0 Å². The zero-order chi connectivity index (χ0) is 17.5. The minimum Gasteiger partial charge on any atom is -0.487 e. The molecule has 0 radical (unpaired) electrons. The van der Waals surface area contributed by atoms with E-state index >= 15 is 0 Å². The molecule has 126 valence electrons. The maximum atomic E-state index is 13.4. The number of carbonyl (C=O) groups is 1. The second-order valence-corrected chi connectivity index (χ2v) is 7.59. The lowest BCUT2D eigenvalue weighted by Gasteiger charge is -2.46. The summed E-state index contributed by atoms with van der Waals surface area (Å²) in [6.07, 6.45) is 0.550. The van der Waals surface area contributed by atoms with Crippen LogP contribution in [0.2, 0.25) is 5.02 Å². The van der Waals surface area contributed by atoms with Gasteiger partial charge in [-0.1, -0.05) is 41.9 Å². The lowest BCUT2D eigenvalue weighted by Crippen LogP contribution is -2.53.